The van der Waals surface area contributed by atoms with E-state index >= 15 is 0 Å². The van der Waals surface area contributed by atoms with Gasteiger partial charge in [0.15, 0.2) is 0 Å². The van der Waals surface area contributed by atoms with Gasteiger partial charge in [0.25, 0.3) is 5.91 Å². The van der Waals surface area contributed by atoms with Crippen LogP contribution in [0.1, 0.15) is 40.7 Å². The fraction of sp³-hybridized carbons (Fsp3) is 0.500. The van der Waals surface area contributed by atoms with E-state index in [0.717, 1.165) is 29.7 Å². The molecule has 1 saturated heterocycles. The maximum Gasteiger partial charge on any atom is 0.326 e. The summed E-state index contributed by atoms with van der Waals surface area (Å²) in [7, 11) is 1.60. The van der Waals surface area contributed by atoms with Crippen LogP contribution in [0.5, 0.6) is 5.75 Å². The number of carbonyl (C=O) groups is 2. The van der Waals surface area contributed by atoms with E-state index in [1.54, 1.807) is 19.2 Å². The number of rotatable bonds is 3. The molecule has 0 saturated carbocycles. The number of methoxy groups -OCH3 is 1. The van der Waals surface area contributed by atoms with Gasteiger partial charge >= 0.3 is 5.97 Å². The zero-order chi connectivity index (χ0) is 15.6. The largest absolute Gasteiger partial charge is 0.496 e. The van der Waals surface area contributed by atoms with Gasteiger partial charge in [-0.2, -0.15) is 0 Å². The Labute approximate surface area is 124 Å². The molecule has 1 aliphatic heterocycles. The van der Waals surface area contributed by atoms with E-state index in [1.807, 2.05) is 13.8 Å². The summed E-state index contributed by atoms with van der Waals surface area (Å²) in [5, 5.41) is 9.28. The summed E-state index contributed by atoms with van der Waals surface area (Å²) in [4.78, 5) is 25.4. The van der Waals surface area contributed by atoms with Gasteiger partial charge in [-0.05, 0) is 56.4 Å². The molecule has 21 heavy (non-hydrogen) atoms. The lowest BCUT2D eigenvalue weighted by molar-refractivity contribution is -0.143. The van der Waals surface area contributed by atoms with E-state index in [2.05, 4.69) is 0 Å². The van der Waals surface area contributed by atoms with E-state index < -0.39 is 12.0 Å². The minimum Gasteiger partial charge on any atom is -0.496 e. The zero-order valence-corrected chi connectivity index (χ0v) is 12.7. The number of carboxylic acid groups (broad SMARTS) is 1. The minimum absolute atomic E-state index is 0.212. The molecular formula is C16H21NO4. The van der Waals surface area contributed by atoms with Crippen molar-refractivity contribution >= 4 is 11.9 Å². The highest BCUT2D eigenvalue weighted by atomic mass is 16.5. The summed E-state index contributed by atoms with van der Waals surface area (Å²) < 4.78 is 5.30. The standard InChI is InChI=1S/C16H21NO4/c1-10-8-12(9-11(2)14(10)21-3)15(18)17-7-5-4-6-13(17)16(19)20/h8-9,13H,4-7H2,1-3H3,(H,19,20). The first-order chi connectivity index (χ1) is 9.95. The molecule has 1 N–H and O–H groups in total. The molecule has 1 aliphatic rings. The van der Waals surface area contributed by atoms with Gasteiger partial charge in [0.1, 0.15) is 11.8 Å². The van der Waals surface area contributed by atoms with E-state index in [-0.39, 0.29) is 5.91 Å². The Kier molecular flexibility index (Phi) is 4.50. The van der Waals surface area contributed by atoms with Crippen molar-refractivity contribution in [1.29, 1.82) is 0 Å². The molecule has 0 aliphatic carbocycles. The number of nitrogens with zero attached hydrogens (tertiary/aromatic N) is 1. The lowest BCUT2D eigenvalue weighted by Gasteiger charge is -2.33. The number of carbonyl (C=O) groups excluding carboxylic acids is 1. The van der Waals surface area contributed by atoms with Crippen LogP contribution in [0.3, 0.4) is 0 Å². The van der Waals surface area contributed by atoms with Crippen molar-refractivity contribution in [1.82, 2.24) is 4.90 Å². The van der Waals surface area contributed by atoms with Crippen LogP contribution in [-0.4, -0.2) is 41.6 Å². The minimum atomic E-state index is -0.926. The average Bonchev–Trinajstić information content (AvgIpc) is 2.46. The quantitative estimate of drug-likeness (QED) is 0.928. The molecule has 1 aromatic carbocycles. The molecule has 1 atom stereocenters. The summed E-state index contributed by atoms with van der Waals surface area (Å²) in [5.74, 6) is -0.374. The number of aliphatic carboxylic acids is 1. The molecule has 1 aromatic rings. The fourth-order valence-electron chi connectivity index (χ4n) is 2.99. The first kappa shape index (κ1) is 15.4. The molecule has 5 nitrogen and oxygen atoms in total. The van der Waals surface area contributed by atoms with Crippen molar-refractivity contribution in [3.63, 3.8) is 0 Å². The predicted octanol–water partition coefficient (Wildman–Crippen LogP) is 2.39. The van der Waals surface area contributed by atoms with Gasteiger partial charge in [-0.15, -0.1) is 0 Å². The molecule has 114 valence electrons. The van der Waals surface area contributed by atoms with Crippen molar-refractivity contribution in [3.8, 4) is 5.75 Å². The second-order valence-electron chi connectivity index (χ2n) is 5.49. The number of piperidine rings is 1. The number of benzene rings is 1. The van der Waals surface area contributed by atoms with Crippen LogP contribution in [0.4, 0.5) is 0 Å². The van der Waals surface area contributed by atoms with Crippen LogP contribution in [-0.2, 0) is 4.79 Å². The van der Waals surface area contributed by atoms with E-state index in [9.17, 15) is 14.7 Å². The Morgan fingerprint density at radius 1 is 1.24 bits per heavy atom. The summed E-state index contributed by atoms with van der Waals surface area (Å²) in [6.45, 7) is 4.26. The molecule has 2 rings (SSSR count). The zero-order valence-electron chi connectivity index (χ0n) is 12.7. The molecule has 1 unspecified atom stereocenters. The molecule has 1 heterocycles. The highest BCUT2D eigenvalue weighted by Crippen LogP contribution is 2.26. The molecule has 0 aromatic heterocycles. The number of amides is 1. The third-order valence-corrected chi connectivity index (χ3v) is 3.96. The van der Waals surface area contributed by atoms with Gasteiger partial charge in [-0.3, -0.25) is 4.79 Å². The Morgan fingerprint density at radius 2 is 1.86 bits per heavy atom. The van der Waals surface area contributed by atoms with Gasteiger partial charge in [0.05, 0.1) is 7.11 Å². The highest BCUT2D eigenvalue weighted by molar-refractivity contribution is 5.97. The first-order valence-electron chi connectivity index (χ1n) is 7.14. The highest BCUT2D eigenvalue weighted by Gasteiger charge is 2.32. The molecule has 0 bridgehead atoms. The second kappa shape index (κ2) is 6.16. The summed E-state index contributed by atoms with van der Waals surface area (Å²) in [5.41, 5.74) is 2.29. The van der Waals surface area contributed by atoms with Gasteiger partial charge < -0.3 is 14.7 Å². The number of likely N-dealkylation sites (tertiary alicyclic amines) is 1. The Hall–Kier alpha value is -2.04. The number of hydrogen-bond acceptors (Lipinski definition) is 3. The second-order valence-corrected chi connectivity index (χ2v) is 5.49. The van der Waals surface area contributed by atoms with Crippen molar-refractivity contribution < 1.29 is 19.4 Å². The van der Waals surface area contributed by atoms with Crippen LogP contribution in [0.2, 0.25) is 0 Å². The average molecular weight is 291 g/mol. The normalized spacial score (nSPS) is 18.4. The van der Waals surface area contributed by atoms with Crippen LogP contribution >= 0.6 is 0 Å². The Balaban J connectivity index is 2.32. The Morgan fingerprint density at radius 3 is 2.38 bits per heavy atom. The summed E-state index contributed by atoms with van der Waals surface area (Å²) >= 11 is 0. The van der Waals surface area contributed by atoms with Crippen molar-refractivity contribution in [2.24, 2.45) is 0 Å². The van der Waals surface area contributed by atoms with Crippen molar-refractivity contribution in [2.75, 3.05) is 13.7 Å². The van der Waals surface area contributed by atoms with Crippen LogP contribution in [0, 0.1) is 13.8 Å². The molecule has 1 fully saturated rings. The molecule has 0 spiro atoms. The van der Waals surface area contributed by atoms with Gasteiger partial charge in [0.2, 0.25) is 0 Å². The maximum absolute atomic E-state index is 12.6. The maximum atomic E-state index is 12.6. The first-order valence-corrected chi connectivity index (χ1v) is 7.14. The predicted molar refractivity (Wildman–Crippen MR) is 78.8 cm³/mol. The topological polar surface area (TPSA) is 66.8 Å². The molecule has 1 amide bonds. The summed E-state index contributed by atoms with van der Waals surface area (Å²) in [6, 6.07) is 2.82. The van der Waals surface area contributed by atoms with Gasteiger partial charge in [-0.25, -0.2) is 4.79 Å². The fourth-order valence-corrected chi connectivity index (χ4v) is 2.99. The molecular weight excluding hydrogens is 270 g/mol. The third kappa shape index (κ3) is 3.01. The number of carboxylic acids is 1. The van der Waals surface area contributed by atoms with E-state index in [1.165, 1.54) is 4.90 Å². The molecule has 0 radical (unpaired) electrons. The van der Waals surface area contributed by atoms with E-state index in [4.69, 9.17) is 4.74 Å². The lowest BCUT2D eigenvalue weighted by Crippen LogP contribution is -2.48. The van der Waals surface area contributed by atoms with Gasteiger partial charge in [-0.1, -0.05) is 0 Å². The molecule has 5 heteroatoms. The Bertz CT molecular complexity index is 544. The SMILES string of the molecule is COc1c(C)cc(C(=O)N2CCCCC2C(=O)O)cc1C. The van der Waals surface area contributed by atoms with Crippen LogP contribution in [0.25, 0.3) is 0 Å². The number of ether oxygens (including phenoxy) is 1. The van der Waals surface area contributed by atoms with Gasteiger partial charge in [0, 0.05) is 12.1 Å². The number of aryl methyl sites for hydroxylation is 2. The lowest BCUT2D eigenvalue weighted by atomic mass is 9.99. The smallest absolute Gasteiger partial charge is 0.326 e. The van der Waals surface area contributed by atoms with Crippen LogP contribution in [0.15, 0.2) is 12.1 Å². The van der Waals surface area contributed by atoms with Crippen molar-refractivity contribution in [2.45, 2.75) is 39.2 Å². The summed E-state index contributed by atoms with van der Waals surface area (Å²) in [6.07, 6.45) is 2.22. The number of hydrogen-bond donors (Lipinski definition) is 1. The van der Waals surface area contributed by atoms with E-state index in [0.29, 0.717) is 18.5 Å². The monoisotopic (exact) mass is 291 g/mol. The third-order valence-electron chi connectivity index (χ3n) is 3.96. The van der Waals surface area contributed by atoms with Crippen molar-refractivity contribution in [3.05, 3.63) is 28.8 Å². The van der Waals surface area contributed by atoms with Crippen LogP contribution < -0.4 is 4.74 Å².